The molecule has 4 heteroatoms. The number of hydrogen-bond donors (Lipinski definition) is 3. The number of rotatable bonds is 3. The van der Waals surface area contributed by atoms with Gasteiger partial charge in [-0.15, -0.1) is 0 Å². The number of carbonyl (C=O) groups is 1. The molecule has 4 nitrogen and oxygen atoms in total. The first-order valence-corrected chi connectivity index (χ1v) is 5.50. The lowest BCUT2D eigenvalue weighted by atomic mass is 9.78. The second kappa shape index (κ2) is 3.87. The van der Waals surface area contributed by atoms with Crippen LogP contribution in [-0.4, -0.2) is 30.6 Å². The van der Waals surface area contributed by atoms with Crippen LogP contribution in [0, 0.1) is 0 Å². The molecule has 0 spiro atoms. The average Bonchev–Trinajstić information content (AvgIpc) is 2.63. The lowest BCUT2D eigenvalue weighted by Gasteiger charge is -2.38. The third kappa shape index (κ3) is 2.07. The molecule has 0 aromatic rings. The van der Waals surface area contributed by atoms with Crippen molar-refractivity contribution in [2.45, 2.75) is 43.7 Å². The highest BCUT2D eigenvalue weighted by molar-refractivity contribution is 5.82. The quantitative estimate of drug-likeness (QED) is 0.584. The van der Waals surface area contributed by atoms with Gasteiger partial charge in [0.25, 0.3) is 0 Å². The van der Waals surface area contributed by atoms with Crippen LogP contribution in [0.2, 0.25) is 0 Å². The van der Waals surface area contributed by atoms with E-state index in [0.717, 1.165) is 32.2 Å². The Morgan fingerprint density at radius 3 is 2.79 bits per heavy atom. The van der Waals surface area contributed by atoms with Gasteiger partial charge in [-0.05, 0) is 38.6 Å². The maximum Gasteiger partial charge on any atom is 0.237 e. The van der Waals surface area contributed by atoms with Crippen LogP contribution in [0.5, 0.6) is 0 Å². The first-order chi connectivity index (χ1) is 6.70. The first-order valence-electron chi connectivity index (χ1n) is 5.50. The van der Waals surface area contributed by atoms with Gasteiger partial charge in [-0.2, -0.15) is 0 Å². The summed E-state index contributed by atoms with van der Waals surface area (Å²) in [5, 5.41) is 6.12. The van der Waals surface area contributed by atoms with Crippen molar-refractivity contribution in [1.29, 1.82) is 0 Å². The summed E-state index contributed by atoms with van der Waals surface area (Å²) in [5.41, 5.74) is 5.91. The molecule has 2 rings (SSSR count). The standard InChI is InChI=1S/C10H19N3O/c11-10(4-2-5-10)7-13-9(14)8-3-1-6-12-8/h8,12H,1-7,11H2,(H,13,14)/t8-/m0/s1. The molecule has 2 fully saturated rings. The topological polar surface area (TPSA) is 67.1 Å². The van der Waals surface area contributed by atoms with Crippen LogP contribution in [0.3, 0.4) is 0 Å². The summed E-state index contributed by atoms with van der Waals surface area (Å²) in [6.45, 7) is 1.61. The molecule has 0 aromatic heterocycles. The van der Waals surface area contributed by atoms with Crippen LogP contribution < -0.4 is 16.4 Å². The molecule has 80 valence electrons. The smallest absolute Gasteiger partial charge is 0.237 e. The molecule has 1 saturated carbocycles. The third-order valence-electron chi connectivity index (χ3n) is 3.34. The predicted octanol–water partition coefficient (Wildman–Crippen LogP) is -0.264. The van der Waals surface area contributed by atoms with E-state index in [1.165, 1.54) is 6.42 Å². The molecule has 0 unspecified atom stereocenters. The monoisotopic (exact) mass is 197 g/mol. The summed E-state index contributed by atoms with van der Waals surface area (Å²) < 4.78 is 0. The Hall–Kier alpha value is -0.610. The zero-order valence-electron chi connectivity index (χ0n) is 8.51. The van der Waals surface area contributed by atoms with Crippen molar-refractivity contribution in [1.82, 2.24) is 10.6 Å². The van der Waals surface area contributed by atoms with Crippen LogP contribution in [-0.2, 0) is 4.79 Å². The fourth-order valence-corrected chi connectivity index (χ4v) is 2.10. The molecule has 1 aliphatic carbocycles. The van der Waals surface area contributed by atoms with Crippen molar-refractivity contribution in [2.75, 3.05) is 13.1 Å². The molecule has 14 heavy (non-hydrogen) atoms. The van der Waals surface area contributed by atoms with Gasteiger partial charge in [-0.3, -0.25) is 4.79 Å². The fraction of sp³-hybridized carbons (Fsp3) is 0.900. The molecule has 1 amide bonds. The van der Waals surface area contributed by atoms with E-state index in [1.54, 1.807) is 0 Å². The summed E-state index contributed by atoms with van der Waals surface area (Å²) in [6, 6.07) is 0.0266. The normalized spacial score (nSPS) is 29.6. The van der Waals surface area contributed by atoms with Crippen molar-refractivity contribution in [3.63, 3.8) is 0 Å². The Kier molecular flexibility index (Phi) is 2.74. The molecule has 4 N–H and O–H groups in total. The molecule has 2 aliphatic rings. The van der Waals surface area contributed by atoms with Crippen LogP contribution in [0.1, 0.15) is 32.1 Å². The van der Waals surface area contributed by atoms with E-state index < -0.39 is 0 Å². The molecule has 0 aromatic carbocycles. The predicted molar refractivity (Wildman–Crippen MR) is 54.8 cm³/mol. The van der Waals surface area contributed by atoms with E-state index in [9.17, 15) is 4.79 Å². The van der Waals surface area contributed by atoms with Gasteiger partial charge in [-0.1, -0.05) is 0 Å². The minimum Gasteiger partial charge on any atom is -0.353 e. The molecule has 1 saturated heterocycles. The van der Waals surface area contributed by atoms with Crippen LogP contribution >= 0.6 is 0 Å². The van der Waals surface area contributed by atoms with Crippen molar-refractivity contribution in [3.8, 4) is 0 Å². The Bertz CT molecular complexity index is 219. The summed E-state index contributed by atoms with van der Waals surface area (Å²) in [6.07, 6.45) is 5.36. The molecule has 1 heterocycles. The van der Waals surface area contributed by atoms with E-state index in [1.807, 2.05) is 0 Å². The highest BCUT2D eigenvalue weighted by Crippen LogP contribution is 2.28. The maximum absolute atomic E-state index is 11.6. The maximum atomic E-state index is 11.6. The van der Waals surface area contributed by atoms with Gasteiger partial charge in [0.15, 0.2) is 0 Å². The zero-order valence-corrected chi connectivity index (χ0v) is 8.51. The highest BCUT2D eigenvalue weighted by Gasteiger charge is 2.33. The fourth-order valence-electron chi connectivity index (χ4n) is 2.10. The summed E-state index contributed by atoms with van der Waals surface area (Å²) in [5.74, 6) is 0.124. The molecule has 1 aliphatic heterocycles. The van der Waals surface area contributed by atoms with Crippen LogP contribution in [0.25, 0.3) is 0 Å². The minimum absolute atomic E-state index is 0.0266. The third-order valence-corrected chi connectivity index (χ3v) is 3.34. The van der Waals surface area contributed by atoms with E-state index in [4.69, 9.17) is 5.73 Å². The number of nitrogens with one attached hydrogen (secondary N) is 2. The first kappa shape index (κ1) is 9.93. The minimum atomic E-state index is -0.103. The number of amides is 1. The van der Waals surface area contributed by atoms with E-state index in [0.29, 0.717) is 6.54 Å². The number of carbonyl (C=O) groups excluding carboxylic acids is 1. The Labute approximate surface area is 84.6 Å². The van der Waals surface area contributed by atoms with Gasteiger partial charge < -0.3 is 16.4 Å². The van der Waals surface area contributed by atoms with Gasteiger partial charge >= 0.3 is 0 Å². The van der Waals surface area contributed by atoms with Gasteiger partial charge in [-0.25, -0.2) is 0 Å². The largest absolute Gasteiger partial charge is 0.353 e. The molecule has 1 atom stereocenters. The zero-order chi connectivity index (χ0) is 10.0. The summed E-state index contributed by atoms with van der Waals surface area (Å²) in [7, 11) is 0. The highest BCUT2D eigenvalue weighted by atomic mass is 16.2. The second-order valence-electron chi connectivity index (χ2n) is 4.58. The van der Waals surface area contributed by atoms with Gasteiger partial charge in [0, 0.05) is 12.1 Å². The van der Waals surface area contributed by atoms with E-state index in [2.05, 4.69) is 10.6 Å². The summed E-state index contributed by atoms with van der Waals surface area (Å²) >= 11 is 0. The number of hydrogen-bond acceptors (Lipinski definition) is 3. The molecular weight excluding hydrogens is 178 g/mol. The van der Waals surface area contributed by atoms with Crippen molar-refractivity contribution in [3.05, 3.63) is 0 Å². The molecule has 0 bridgehead atoms. The molecule has 0 radical (unpaired) electrons. The van der Waals surface area contributed by atoms with Crippen molar-refractivity contribution >= 4 is 5.91 Å². The molecular formula is C10H19N3O. The summed E-state index contributed by atoms with van der Waals surface area (Å²) in [4.78, 5) is 11.6. The average molecular weight is 197 g/mol. The Morgan fingerprint density at radius 1 is 1.50 bits per heavy atom. The lowest BCUT2D eigenvalue weighted by molar-refractivity contribution is -0.123. The second-order valence-corrected chi connectivity index (χ2v) is 4.58. The van der Waals surface area contributed by atoms with Gasteiger partial charge in [0.1, 0.15) is 0 Å². The Balaban J connectivity index is 1.71. The van der Waals surface area contributed by atoms with Crippen molar-refractivity contribution in [2.24, 2.45) is 5.73 Å². The van der Waals surface area contributed by atoms with Gasteiger partial charge in [0.2, 0.25) is 5.91 Å². The van der Waals surface area contributed by atoms with Crippen LogP contribution in [0.15, 0.2) is 0 Å². The Morgan fingerprint density at radius 2 is 2.29 bits per heavy atom. The van der Waals surface area contributed by atoms with Gasteiger partial charge in [0.05, 0.1) is 6.04 Å². The van der Waals surface area contributed by atoms with E-state index >= 15 is 0 Å². The van der Waals surface area contributed by atoms with Crippen LogP contribution in [0.4, 0.5) is 0 Å². The van der Waals surface area contributed by atoms with Crippen molar-refractivity contribution < 1.29 is 4.79 Å². The van der Waals surface area contributed by atoms with E-state index in [-0.39, 0.29) is 17.5 Å². The SMILES string of the molecule is NC1(CNC(=O)[C@@H]2CCCN2)CCC1. The number of nitrogens with two attached hydrogens (primary N) is 1. The lowest BCUT2D eigenvalue weighted by Crippen LogP contribution is -2.56.